The molecule has 0 heterocycles. The number of amides is 1. The van der Waals surface area contributed by atoms with E-state index in [1.165, 1.54) is 0 Å². The third kappa shape index (κ3) is 3.26. The topological polar surface area (TPSA) is 70.0 Å². The zero-order chi connectivity index (χ0) is 17.8. The van der Waals surface area contributed by atoms with Gasteiger partial charge in [0.25, 0.3) is 0 Å². The number of rotatable bonds is 4. The normalized spacial score (nSPS) is 11.5. The second-order valence-electron chi connectivity index (χ2n) is 5.76. The predicted octanol–water partition coefficient (Wildman–Crippen LogP) is 4.11. The molecule has 0 saturated heterocycles. The molecule has 1 atom stereocenters. The van der Waals surface area contributed by atoms with Crippen molar-refractivity contribution >= 4 is 28.2 Å². The van der Waals surface area contributed by atoms with Gasteiger partial charge in [0.05, 0.1) is 6.07 Å². The number of benzene rings is 3. The van der Waals surface area contributed by atoms with Crippen LogP contribution in [0.25, 0.3) is 10.8 Å². The first-order chi connectivity index (χ1) is 12.1. The lowest BCUT2D eigenvalue weighted by Crippen LogP contribution is -2.29. The first kappa shape index (κ1) is 16.4. The SMILES string of the molecule is Cc1ccccc1C(=O)C(C#N)C(=O)Nc1cccc2ccccc12. The van der Waals surface area contributed by atoms with Crippen molar-refractivity contribution in [3.8, 4) is 6.07 Å². The Hall–Kier alpha value is -3.45. The van der Waals surface area contributed by atoms with Crippen LogP contribution in [0.15, 0.2) is 66.7 Å². The predicted molar refractivity (Wildman–Crippen MR) is 97.2 cm³/mol. The number of hydrogen-bond acceptors (Lipinski definition) is 3. The molecule has 122 valence electrons. The van der Waals surface area contributed by atoms with Crippen LogP contribution in [0, 0.1) is 24.2 Å². The van der Waals surface area contributed by atoms with Crippen LogP contribution in [0.4, 0.5) is 5.69 Å². The molecule has 0 radical (unpaired) electrons. The van der Waals surface area contributed by atoms with E-state index in [9.17, 15) is 14.9 Å². The van der Waals surface area contributed by atoms with Crippen molar-refractivity contribution in [1.29, 1.82) is 5.26 Å². The average Bonchev–Trinajstić information content (AvgIpc) is 2.63. The summed E-state index contributed by atoms with van der Waals surface area (Å²) in [6.45, 7) is 1.78. The maximum absolute atomic E-state index is 12.6. The Morgan fingerprint density at radius 1 is 0.960 bits per heavy atom. The minimum Gasteiger partial charge on any atom is -0.324 e. The summed E-state index contributed by atoms with van der Waals surface area (Å²) in [4.78, 5) is 25.2. The summed E-state index contributed by atoms with van der Waals surface area (Å²) in [5.41, 5.74) is 1.72. The van der Waals surface area contributed by atoms with Crippen LogP contribution >= 0.6 is 0 Å². The first-order valence-corrected chi connectivity index (χ1v) is 7.90. The number of hydrogen-bond donors (Lipinski definition) is 1. The van der Waals surface area contributed by atoms with Crippen molar-refractivity contribution in [2.45, 2.75) is 6.92 Å². The molecule has 0 aromatic heterocycles. The number of ketones is 1. The Morgan fingerprint density at radius 3 is 2.40 bits per heavy atom. The monoisotopic (exact) mass is 328 g/mol. The molecule has 3 aromatic rings. The van der Waals surface area contributed by atoms with E-state index in [1.807, 2.05) is 48.5 Å². The van der Waals surface area contributed by atoms with Gasteiger partial charge in [0.1, 0.15) is 0 Å². The van der Waals surface area contributed by atoms with E-state index in [-0.39, 0.29) is 0 Å². The molecule has 0 aliphatic carbocycles. The van der Waals surface area contributed by atoms with Crippen molar-refractivity contribution < 1.29 is 9.59 Å². The van der Waals surface area contributed by atoms with Gasteiger partial charge >= 0.3 is 0 Å². The number of aryl methyl sites for hydroxylation is 1. The minimum absolute atomic E-state index is 0.391. The highest BCUT2D eigenvalue weighted by Gasteiger charge is 2.28. The van der Waals surface area contributed by atoms with Gasteiger partial charge in [-0.15, -0.1) is 0 Å². The number of carbonyl (C=O) groups excluding carboxylic acids is 2. The Kier molecular flexibility index (Phi) is 4.58. The number of nitrogens with one attached hydrogen (secondary N) is 1. The third-order valence-electron chi connectivity index (χ3n) is 4.11. The minimum atomic E-state index is -1.39. The molecule has 25 heavy (non-hydrogen) atoms. The summed E-state index contributed by atoms with van der Waals surface area (Å²) in [5, 5.41) is 13.9. The summed E-state index contributed by atoms with van der Waals surface area (Å²) < 4.78 is 0. The van der Waals surface area contributed by atoms with Gasteiger partial charge in [-0.25, -0.2) is 0 Å². The molecule has 0 fully saturated rings. The van der Waals surface area contributed by atoms with E-state index in [1.54, 1.807) is 31.2 Å². The lowest BCUT2D eigenvalue weighted by atomic mass is 9.94. The summed E-state index contributed by atoms with van der Waals surface area (Å²) >= 11 is 0. The molecule has 4 nitrogen and oxygen atoms in total. The summed E-state index contributed by atoms with van der Waals surface area (Å²) in [6, 6.07) is 21.9. The van der Waals surface area contributed by atoms with Crippen molar-refractivity contribution in [3.05, 3.63) is 77.9 Å². The Balaban J connectivity index is 1.90. The van der Waals surface area contributed by atoms with Crippen LogP contribution in [-0.4, -0.2) is 11.7 Å². The van der Waals surface area contributed by atoms with Crippen molar-refractivity contribution in [2.75, 3.05) is 5.32 Å². The van der Waals surface area contributed by atoms with Crippen molar-refractivity contribution in [2.24, 2.45) is 5.92 Å². The van der Waals surface area contributed by atoms with Gasteiger partial charge in [0.15, 0.2) is 11.7 Å². The maximum atomic E-state index is 12.6. The number of fused-ring (bicyclic) bond motifs is 1. The molecule has 1 unspecified atom stereocenters. The largest absolute Gasteiger partial charge is 0.324 e. The highest BCUT2D eigenvalue weighted by atomic mass is 16.2. The van der Waals surface area contributed by atoms with Crippen LogP contribution in [-0.2, 0) is 4.79 Å². The number of nitrogens with zero attached hydrogens (tertiary/aromatic N) is 1. The Bertz CT molecular complexity index is 997. The fourth-order valence-corrected chi connectivity index (χ4v) is 2.78. The number of Topliss-reactive ketones (excluding diaryl/α,β-unsaturated/α-hetero) is 1. The number of carbonyl (C=O) groups is 2. The van der Waals surface area contributed by atoms with Gasteiger partial charge in [0, 0.05) is 16.6 Å². The van der Waals surface area contributed by atoms with Crippen LogP contribution in [0.5, 0.6) is 0 Å². The van der Waals surface area contributed by atoms with E-state index in [0.29, 0.717) is 11.3 Å². The fraction of sp³-hybridized carbons (Fsp3) is 0.0952. The molecular weight excluding hydrogens is 312 g/mol. The van der Waals surface area contributed by atoms with Crippen molar-refractivity contribution in [1.82, 2.24) is 0 Å². The Morgan fingerprint density at radius 2 is 1.64 bits per heavy atom. The first-order valence-electron chi connectivity index (χ1n) is 7.90. The lowest BCUT2D eigenvalue weighted by molar-refractivity contribution is -0.117. The van der Waals surface area contributed by atoms with Gasteiger partial charge < -0.3 is 5.32 Å². The summed E-state index contributed by atoms with van der Waals surface area (Å²) in [5.74, 6) is -2.49. The van der Waals surface area contributed by atoms with E-state index >= 15 is 0 Å². The maximum Gasteiger partial charge on any atom is 0.249 e. The van der Waals surface area contributed by atoms with Gasteiger partial charge in [-0.1, -0.05) is 60.7 Å². The highest BCUT2D eigenvalue weighted by Crippen LogP contribution is 2.24. The second kappa shape index (κ2) is 6.98. The van der Waals surface area contributed by atoms with Crippen LogP contribution in [0.2, 0.25) is 0 Å². The summed E-state index contributed by atoms with van der Waals surface area (Å²) in [7, 11) is 0. The lowest BCUT2D eigenvalue weighted by Gasteiger charge is -2.12. The third-order valence-corrected chi connectivity index (χ3v) is 4.11. The molecule has 0 spiro atoms. The van der Waals surface area contributed by atoms with Crippen LogP contribution in [0.1, 0.15) is 15.9 Å². The van der Waals surface area contributed by atoms with Gasteiger partial charge in [-0.05, 0) is 23.9 Å². The number of nitriles is 1. The second-order valence-corrected chi connectivity index (χ2v) is 5.76. The van der Waals surface area contributed by atoms with E-state index in [0.717, 1.165) is 16.3 Å². The molecule has 1 N–H and O–H groups in total. The van der Waals surface area contributed by atoms with Gasteiger partial charge in [-0.2, -0.15) is 5.26 Å². The van der Waals surface area contributed by atoms with E-state index in [2.05, 4.69) is 5.32 Å². The van der Waals surface area contributed by atoms with Crippen molar-refractivity contribution in [3.63, 3.8) is 0 Å². The van der Waals surface area contributed by atoms with Gasteiger partial charge in [0.2, 0.25) is 5.91 Å². The molecule has 0 aliphatic heterocycles. The smallest absolute Gasteiger partial charge is 0.249 e. The Labute approximate surface area is 145 Å². The molecule has 4 heteroatoms. The molecule has 3 rings (SSSR count). The number of anilines is 1. The molecular formula is C21H16N2O2. The summed E-state index contributed by atoms with van der Waals surface area (Å²) in [6.07, 6.45) is 0. The average molecular weight is 328 g/mol. The molecule has 3 aromatic carbocycles. The quantitative estimate of drug-likeness (QED) is 0.579. The standard InChI is InChI=1S/C21H16N2O2/c1-14-7-2-4-10-16(14)20(24)18(13-22)21(25)23-19-12-6-9-15-8-3-5-11-17(15)19/h2-12,18H,1H3,(H,23,25). The molecule has 0 bridgehead atoms. The van der Waals surface area contributed by atoms with E-state index in [4.69, 9.17) is 0 Å². The van der Waals surface area contributed by atoms with Crippen LogP contribution in [0.3, 0.4) is 0 Å². The molecule has 0 aliphatic rings. The zero-order valence-corrected chi connectivity index (χ0v) is 13.7. The zero-order valence-electron chi connectivity index (χ0n) is 13.7. The molecule has 1 amide bonds. The molecule has 0 saturated carbocycles. The van der Waals surface area contributed by atoms with Gasteiger partial charge in [-0.3, -0.25) is 9.59 Å². The van der Waals surface area contributed by atoms with Crippen LogP contribution < -0.4 is 5.32 Å². The fourth-order valence-electron chi connectivity index (χ4n) is 2.78. The van der Waals surface area contributed by atoms with E-state index < -0.39 is 17.6 Å². The highest BCUT2D eigenvalue weighted by molar-refractivity contribution is 6.17.